The number of rotatable bonds is 5. The highest BCUT2D eigenvalue weighted by atomic mass is 32.2. The lowest BCUT2D eigenvalue weighted by Gasteiger charge is -2.07. The highest BCUT2D eigenvalue weighted by Gasteiger charge is 2.13. The zero-order valence-electron chi connectivity index (χ0n) is 12.6. The highest BCUT2D eigenvalue weighted by molar-refractivity contribution is 8.00. The normalized spacial score (nSPS) is 9.68. The number of nitrogens with two attached hydrogens (primary N) is 1. The molecule has 1 aromatic carbocycles. The van der Waals surface area contributed by atoms with E-state index < -0.39 is 10.8 Å². The molecule has 0 saturated carbocycles. The van der Waals surface area contributed by atoms with E-state index in [1.165, 1.54) is 30.3 Å². The van der Waals surface area contributed by atoms with Gasteiger partial charge in [0.1, 0.15) is 23.0 Å². The van der Waals surface area contributed by atoms with Crippen LogP contribution < -0.4 is 11.1 Å². The van der Waals surface area contributed by atoms with Crippen molar-refractivity contribution >= 4 is 34.9 Å². The number of hydrogen-bond acceptors (Lipinski definition) is 8. The van der Waals surface area contributed by atoms with Gasteiger partial charge in [-0.15, -0.1) is 0 Å². The van der Waals surface area contributed by atoms with Crippen molar-refractivity contribution in [2.75, 3.05) is 16.8 Å². The fourth-order valence-corrected chi connectivity index (χ4v) is 2.58. The number of nitrogens with one attached hydrogen (secondary N) is 1. The second kappa shape index (κ2) is 7.77. The smallest absolute Gasteiger partial charge is 0.271 e. The summed E-state index contributed by atoms with van der Waals surface area (Å²) in [4.78, 5) is 26.1. The minimum absolute atomic E-state index is 0.0249. The molecule has 25 heavy (non-hydrogen) atoms. The van der Waals surface area contributed by atoms with E-state index in [4.69, 9.17) is 16.3 Å². The van der Waals surface area contributed by atoms with Gasteiger partial charge in [0.2, 0.25) is 5.91 Å². The number of non-ortho nitro benzene ring substituents is 1. The van der Waals surface area contributed by atoms with Crippen LogP contribution in [0, 0.1) is 32.8 Å². The summed E-state index contributed by atoms with van der Waals surface area (Å²) in [5.41, 5.74) is 5.98. The molecule has 124 valence electrons. The standard InChI is InChI=1S/C15H10N6O3S/c16-6-9-4-10(7-17)15(20-14(9)18)25-8-13(22)19-11-2-1-3-12(5-11)21(23)24/h1-5H,8H2,(H2,18,20)(H,19,22). The number of aromatic nitrogens is 1. The van der Waals surface area contributed by atoms with Crippen LogP contribution in [0.3, 0.4) is 0 Å². The van der Waals surface area contributed by atoms with Gasteiger partial charge < -0.3 is 11.1 Å². The third-order valence-corrected chi connectivity index (χ3v) is 3.93. The van der Waals surface area contributed by atoms with E-state index in [1.807, 2.05) is 12.1 Å². The molecular weight excluding hydrogens is 344 g/mol. The molecule has 1 heterocycles. The zero-order valence-corrected chi connectivity index (χ0v) is 13.4. The van der Waals surface area contributed by atoms with Crippen LogP contribution in [0.2, 0.25) is 0 Å². The number of nitro benzene ring substituents is 1. The fourth-order valence-electron chi connectivity index (χ4n) is 1.82. The summed E-state index contributed by atoms with van der Waals surface area (Å²) in [7, 11) is 0. The predicted molar refractivity (Wildman–Crippen MR) is 90.5 cm³/mol. The van der Waals surface area contributed by atoms with Crippen molar-refractivity contribution in [2.24, 2.45) is 0 Å². The molecule has 1 aromatic heterocycles. The molecule has 2 aromatic rings. The maximum atomic E-state index is 12.0. The molecule has 10 heteroatoms. The average Bonchev–Trinajstić information content (AvgIpc) is 2.60. The molecule has 0 aliphatic carbocycles. The first-order valence-corrected chi connectivity index (χ1v) is 7.71. The first kappa shape index (κ1) is 17.7. The Morgan fingerprint density at radius 2 is 2.04 bits per heavy atom. The summed E-state index contributed by atoms with van der Waals surface area (Å²) in [5.74, 6) is -0.544. The summed E-state index contributed by atoms with van der Waals surface area (Å²) in [6.45, 7) is 0. The van der Waals surface area contributed by atoms with E-state index in [0.717, 1.165) is 11.8 Å². The Morgan fingerprint density at radius 1 is 1.32 bits per heavy atom. The number of carbonyl (C=O) groups is 1. The van der Waals surface area contributed by atoms with Crippen molar-refractivity contribution < 1.29 is 9.72 Å². The largest absolute Gasteiger partial charge is 0.383 e. The predicted octanol–water partition coefficient (Wildman–Crippen LogP) is 2.05. The van der Waals surface area contributed by atoms with Gasteiger partial charge in [0, 0.05) is 17.8 Å². The summed E-state index contributed by atoms with van der Waals surface area (Å²) in [6.07, 6.45) is 0. The second-order valence-corrected chi connectivity index (χ2v) is 5.61. The van der Waals surface area contributed by atoms with Crippen LogP contribution in [-0.2, 0) is 4.79 Å². The van der Waals surface area contributed by atoms with Gasteiger partial charge in [-0.3, -0.25) is 14.9 Å². The summed E-state index contributed by atoms with van der Waals surface area (Å²) in [5, 5.41) is 31.4. The van der Waals surface area contributed by atoms with Crippen LogP contribution in [0.25, 0.3) is 0 Å². The highest BCUT2D eigenvalue weighted by Crippen LogP contribution is 2.24. The molecule has 2 rings (SSSR count). The van der Waals surface area contributed by atoms with Crippen LogP contribution in [0.5, 0.6) is 0 Å². The number of nitrogens with zero attached hydrogens (tertiary/aromatic N) is 4. The molecule has 0 unspecified atom stereocenters. The fraction of sp³-hybridized carbons (Fsp3) is 0.0667. The molecule has 0 fully saturated rings. The number of hydrogen-bond donors (Lipinski definition) is 2. The average molecular weight is 354 g/mol. The third kappa shape index (κ3) is 4.43. The molecule has 0 spiro atoms. The number of amides is 1. The first-order valence-electron chi connectivity index (χ1n) is 6.72. The molecule has 0 aliphatic rings. The minimum atomic E-state index is -0.562. The maximum Gasteiger partial charge on any atom is 0.271 e. The van der Waals surface area contributed by atoms with Gasteiger partial charge >= 0.3 is 0 Å². The topological polar surface area (TPSA) is 159 Å². The Kier molecular flexibility index (Phi) is 5.50. The number of anilines is 2. The van der Waals surface area contributed by atoms with Crippen molar-refractivity contribution in [1.29, 1.82) is 10.5 Å². The molecule has 0 saturated heterocycles. The monoisotopic (exact) mass is 354 g/mol. The van der Waals surface area contributed by atoms with Gasteiger partial charge in [-0.05, 0) is 12.1 Å². The summed E-state index contributed by atoms with van der Waals surface area (Å²) < 4.78 is 0. The van der Waals surface area contributed by atoms with E-state index in [-0.39, 0.29) is 39.1 Å². The molecule has 0 bridgehead atoms. The van der Waals surface area contributed by atoms with Gasteiger partial charge in [0.15, 0.2) is 0 Å². The SMILES string of the molecule is N#Cc1cc(C#N)c(SCC(=O)Nc2cccc([N+](=O)[O-])c2)nc1N. The van der Waals surface area contributed by atoms with E-state index in [1.54, 1.807) is 0 Å². The lowest BCUT2D eigenvalue weighted by Crippen LogP contribution is -2.14. The van der Waals surface area contributed by atoms with Crippen molar-refractivity contribution in [3.8, 4) is 12.1 Å². The van der Waals surface area contributed by atoms with Crippen molar-refractivity contribution in [3.05, 3.63) is 51.6 Å². The Hall–Kier alpha value is -3.63. The quantitative estimate of drug-likeness (QED) is 0.469. The van der Waals surface area contributed by atoms with E-state index in [0.29, 0.717) is 0 Å². The molecule has 3 N–H and O–H groups in total. The number of benzene rings is 1. The third-order valence-electron chi connectivity index (χ3n) is 2.94. The van der Waals surface area contributed by atoms with E-state index in [2.05, 4.69) is 10.3 Å². The van der Waals surface area contributed by atoms with Crippen molar-refractivity contribution in [1.82, 2.24) is 4.98 Å². The minimum Gasteiger partial charge on any atom is -0.383 e. The number of pyridine rings is 1. The lowest BCUT2D eigenvalue weighted by molar-refractivity contribution is -0.384. The van der Waals surface area contributed by atoms with Gasteiger partial charge in [-0.2, -0.15) is 10.5 Å². The van der Waals surface area contributed by atoms with Crippen LogP contribution in [0.4, 0.5) is 17.2 Å². The number of nitriles is 2. The maximum absolute atomic E-state index is 12.0. The van der Waals surface area contributed by atoms with Gasteiger partial charge in [0.05, 0.1) is 21.8 Å². The van der Waals surface area contributed by atoms with E-state index >= 15 is 0 Å². The van der Waals surface area contributed by atoms with Crippen LogP contribution in [0.1, 0.15) is 11.1 Å². The summed E-state index contributed by atoms with van der Waals surface area (Å²) >= 11 is 0.974. The van der Waals surface area contributed by atoms with Gasteiger partial charge in [-0.25, -0.2) is 4.98 Å². The first-order chi connectivity index (χ1) is 11.9. The molecule has 0 atom stereocenters. The molecule has 1 amide bonds. The second-order valence-electron chi connectivity index (χ2n) is 4.64. The van der Waals surface area contributed by atoms with Crippen molar-refractivity contribution in [2.45, 2.75) is 5.03 Å². The number of nitrogen functional groups attached to an aromatic ring is 1. The Labute approximate surface area is 146 Å². The Bertz CT molecular complexity index is 932. The molecule has 0 aliphatic heterocycles. The van der Waals surface area contributed by atoms with Crippen LogP contribution >= 0.6 is 11.8 Å². The van der Waals surface area contributed by atoms with Gasteiger partial charge in [0.25, 0.3) is 5.69 Å². The van der Waals surface area contributed by atoms with Crippen LogP contribution in [-0.4, -0.2) is 21.6 Å². The zero-order chi connectivity index (χ0) is 18.4. The number of nitro groups is 1. The number of carbonyl (C=O) groups excluding carboxylic acids is 1. The molecule has 9 nitrogen and oxygen atoms in total. The van der Waals surface area contributed by atoms with E-state index in [9.17, 15) is 14.9 Å². The lowest BCUT2D eigenvalue weighted by atomic mass is 10.2. The number of thioether (sulfide) groups is 1. The molecule has 0 radical (unpaired) electrons. The van der Waals surface area contributed by atoms with Gasteiger partial charge in [-0.1, -0.05) is 17.8 Å². The summed E-state index contributed by atoms with van der Waals surface area (Å²) in [6, 6.07) is 10.6. The van der Waals surface area contributed by atoms with Crippen LogP contribution in [0.15, 0.2) is 35.4 Å². The Morgan fingerprint density at radius 3 is 2.68 bits per heavy atom. The molecular formula is C15H10N6O3S. The Balaban J connectivity index is 2.07. The van der Waals surface area contributed by atoms with Crippen molar-refractivity contribution in [3.63, 3.8) is 0 Å².